The molecule has 0 amide bonds. The summed E-state index contributed by atoms with van der Waals surface area (Å²) >= 11 is 12.0. The number of halogens is 2. The first kappa shape index (κ1) is 14.6. The maximum Gasteiger partial charge on any atom is 0.142 e. The van der Waals surface area contributed by atoms with Crippen LogP contribution in [-0.2, 0) is 11.3 Å². The molecule has 0 heterocycles. The molecule has 1 rings (SSSR count). The fraction of sp³-hybridized carbons (Fsp3) is 0.500. The van der Waals surface area contributed by atoms with Crippen LogP contribution in [-0.4, -0.2) is 27.4 Å². The molecule has 0 fully saturated rings. The van der Waals surface area contributed by atoms with Crippen molar-refractivity contribution in [1.82, 2.24) is 5.32 Å². The lowest BCUT2D eigenvalue weighted by Gasteiger charge is -2.11. The van der Waals surface area contributed by atoms with E-state index in [0.717, 1.165) is 25.1 Å². The summed E-state index contributed by atoms with van der Waals surface area (Å²) in [6.45, 7) is 2.30. The number of methoxy groups -OCH3 is 2. The Balaban J connectivity index is 2.57. The van der Waals surface area contributed by atoms with Crippen molar-refractivity contribution in [1.29, 1.82) is 0 Å². The van der Waals surface area contributed by atoms with Gasteiger partial charge in [-0.3, -0.25) is 0 Å². The van der Waals surface area contributed by atoms with E-state index in [1.807, 2.05) is 6.07 Å². The highest BCUT2D eigenvalue weighted by Gasteiger charge is 2.09. The Labute approximate surface area is 112 Å². The summed E-state index contributed by atoms with van der Waals surface area (Å²) in [4.78, 5) is 0. The third-order valence-electron chi connectivity index (χ3n) is 2.31. The molecule has 0 radical (unpaired) electrons. The average Bonchev–Trinajstić information content (AvgIpc) is 2.28. The van der Waals surface area contributed by atoms with Crippen molar-refractivity contribution in [2.75, 3.05) is 27.4 Å². The van der Waals surface area contributed by atoms with Gasteiger partial charge >= 0.3 is 0 Å². The van der Waals surface area contributed by atoms with Crippen LogP contribution in [0.25, 0.3) is 0 Å². The number of benzene rings is 1. The molecule has 0 saturated heterocycles. The van der Waals surface area contributed by atoms with E-state index in [9.17, 15) is 0 Å². The Morgan fingerprint density at radius 3 is 2.65 bits per heavy atom. The van der Waals surface area contributed by atoms with Crippen molar-refractivity contribution in [3.63, 3.8) is 0 Å². The summed E-state index contributed by atoms with van der Waals surface area (Å²) in [6.07, 6.45) is 0.965. The van der Waals surface area contributed by atoms with Crippen LogP contribution < -0.4 is 10.1 Å². The Morgan fingerprint density at radius 2 is 2.00 bits per heavy atom. The van der Waals surface area contributed by atoms with Crippen LogP contribution in [0.2, 0.25) is 10.0 Å². The van der Waals surface area contributed by atoms with Crippen LogP contribution in [0.4, 0.5) is 0 Å². The van der Waals surface area contributed by atoms with Crippen LogP contribution in [0.1, 0.15) is 12.0 Å². The third kappa shape index (κ3) is 4.72. The first-order chi connectivity index (χ1) is 8.19. The van der Waals surface area contributed by atoms with Crippen LogP contribution in [0.15, 0.2) is 12.1 Å². The van der Waals surface area contributed by atoms with Gasteiger partial charge in [-0.25, -0.2) is 0 Å². The Kier molecular flexibility index (Phi) is 6.66. The summed E-state index contributed by atoms with van der Waals surface area (Å²) in [5.74, 6) is 0.676. The third-order valence-corrected chi connectivity index (χ3v) is 2.81. The smallest absolute Gasteiger partial charge is 0.142 e. The fourth-order valence-electron chi connectivity index (χ4n) is 1.54. The summed E-state index contributed by atoms with van der Waals surface area (Å²) in [7, 11) is 3.29. The standard InChI is InChI=1S/C12H17Cl2NO2/c1-16-5-3-4-15-8-9-6-10(13)7-11(14)12(9)17-2/h6-7,15H,3-5,8H2,1-2H3. The number of ether oxygens (including phenoxy) is 2. The summed E-state index contributed by atoms with van der Waals surface area (Å²) < 4.78 is 10.2. The largest absolute Gasteiger partial charge is 0.495 e. The monoisotopic (exact) mass is 277 g/mol. The van der Waals surface area contributed by atoms with Gasteiger partial charge in [0.15, 0.2) is 0 Å². The fourth-order valence-corrected chi connectivity index (χ4v) is 2.15. The molecule has 0 unspecified atom stereocenters. The van der Waals surface area contributed by atoms with E-state index in [-0.39, 0.29) is 0 Å². The molecule has 17 heavy (non-hydrogen) atoms. The van der Waals surface area contributed by atoms with Gasteiger partial charge in [0.25, 0.3) is 0 Å². The van der Waals surface area contributed by atoms with E-state index in [1.165, 1.54) is 0 Å². The molecule has 1 N–H and O–H groups in total. The van der Waals surface area contributed by atoms with Crippen molar-refractivity contribution >= 4 is 23.2 Å². The predicted molar refractivity (Wildman–Crippen MR) is 71.2 cm³/mol. The summed E-state index contributed by atoms with van der Waals surface area (Å²) in [6, 6.07) is 3.53. The van der Waals surface area contributed by atoms with Crippen molar-refractivity contribution in [3.05, 3.63) is 27.7 Å². The summed E-state index contributed by atoms with van der Waals surface area (Å²) in [5.41, 5.74) is 0.961. The average molecular weight is 278 g/mol. The van der Waals surface area contributed by atoms with Crippen molar-refractivity contribution in [2.24, 2.45) is 0 Å². The second-order valence-electron chi connectivity index (χ2n) is 3.60. The van der Waals surface area contributed by atoms with E-state index in [0.29, 0.717) is 22.3 Å². The molecule has 5 heteroatoms. The molecule has 0 aliphatic carbocycles. The Bertz CT molecular complexity index is 359. The second kappa shape index (κ2) is 7.77. The van der Waals surface area contributed by atoms with Gasteiger partial charge in [0.2, 0.25) is 0 Å². The second-order valence-corrected chi connectivity index (χ2v) is 4.45. The molecule has 1 aromatic carbocycles. The van der Waals surface area contributed by atoms with Crippen molar-refractivity contribution < 1.29 is 9.47 Å². The molecule has 0 saturated carbocycles. The summed E-state index contributed by atoms with van der Waals surface area (Å²) in [5, 5.41) is 4.44. The van der Waals surface area contributed by atoms with E-state index >= 15 is 0 Å². The first-order valence-corrected chi connectivity index (χ1v) is 6.16. The maximum absolute atomic E-state index is 6.04. The zero-order valence-corrected chi connectivity index (χ0v) is 11.6. The topological polar surface area (TPSA) is 30.5 Å². The minimum Gasteiger partial charge on any atom is -0.495 e. The zero-order valence-electron chi connectivity index (χ0n) is 10.1. The van der Waals surface area contributed by atoms with Gasteiger partial charge < -0.3 is 14.8 Å². The zero-order chi connectivity index (χ0) is 12.7. The van der Waals surface area contributed by atoms with Crippen LogP contribution in [0.3, 0.4) is 0 Å². The Hall–Kier alpha value is -0.480. The molecule has 0 aliphatic rings. The maximum atomic E-state index is 6.04. The van der Waals surface area contributed by atoms with Crippen molar-refractivity contribution in [3.8, 4) is 5.75 Å². The molecular formula is C12H17Cl2NO2. The highest BCUT2D eigenvalue weighted by Crippen LogP contribution is 2.31. The molecule has 1 aromatic rings. The molecule has 3 nitrogen and oxygen atoms in total. The molecular weight excluding hydrogens is 261 g/mol. The van der Waals surface area contributed by atoms with Gasteiger partial charge in [-0.2, -0.15) is 0 Å². The van der Waals surface area contributed by atoms with Gasteiger partial charge in [-0.15, -0.1) is 0 Å². The van der Waals surface area contributed by atoms with E-state index in [4.69, 9.17) is 32.7 Å². The highest BCUT2D eigenvalue weighted by molar-refractivity contribution is 6.35. The number of nitrogens with one attached hydrogen (secondary N) is 1. The minimum absolute atomic E-state index is 0.536. The van der Waals surface area contributed by atoms with Gasteiger partial charge in [0.1, 0.15) is 5.75 Å². The van der Waals surface area contributed by atoms with Crippen LogP contribution in [0, 0.1) is 0 Å². The molecule has 0 bridgehead atoms. The van der Waals surface area contributed by atoms with Gasteiger partial charge in [-0.05, 0) is 25.1 Å². The van der Waals surface area contributed by atoms with Gasteiger partial charge in [0, 0.05) is 30.8 Å². The first-order valence-electron chi connectivity index (χ1n) is 5.40. The minimum atomic E-state index is 0.536. The number of rotatable bonds is 7. The molecule has 0 aliphatic heterocycles. The van der Waals surface area contributed by atoms with E-state index in [1.54, 1.807) is 20.3 Å². The quantitative estimate of drug-likeness (QED) is 0.777. The van der Waals surface area contributed by atoms with Crippen molar-refractivity contribution in [2.45, 2.75) is 13.0 Å². The highest BCUT2D eigenvalue weighted by atomic mass is 35.5. The van der Waals surface area contributed by atoms with Gasteiger partial charge in [0.05, 0.1) is 12.1 Å². The molecule has 96 valence electrons. The normalized spacial score (nSPS) is 10.6. The van der Waals surface area contributed by atoms with Crippen LogP contribution in [0.5, 0.6) is 5.75 Å². The van der Waals surface area contributed by atoms with E-state index < -0.39 is 0 Å². The van der Waals surface area contributed by atoms with Crippen LogP contribution >= 0.6 is 23.2 Å². The molecule has 0 atom stereocenters. The van der Waals surface area contributed by atoms with Gasteiger partial charge in [-0.1, -0.05) is 23.2 Å². The SMILES string of the molecule is COCCCNCc1cc(Cl)cc(Cl)c1OC. The number of hydrogen-bond acceptors (Lipinski definition) is 3. The molecule has 0 spiro atoms. The lowest BCUT2D eigenvalue weighted by atomic mass is 10.2. The Morgan fingerprint density at radius 1 is 1.24 bits per heavy atom. The predicted octanol–water partition coefficient (Wildman–Crippen LogP) is 3.13. The lowest BCUT2D eigenvalue weighted by Crippen LogP contribution is -2.16. The molecule has 0 aromatic heterocycles. The number of hydrogen-bond donors (Lipinski definition) is 1. The lowest BCUT2D eigenvalue weighted by molar-refractivity contribution is 0.194. The van der Waals surface area contributed by atoms with E-state index in [2.05, 4.69) is 5.32 Å².